The molecule has 1 atom stereocenters. The molecule has 0 bridgehead atoms. The third-order valence-corrected chi connectivity index (χ3v) is 4.95. The third kappa shape index (κ3) is 3.67. The lowest BCUT2D eigenvalue weighted by Crippen LogP contribution is -2.48. The fraction of sp³-hybridized carbons (Fsp3) is 0.824. The van der Waals surface area contributed by atoms with Gasteiger partial charge < -0.3 is 9.84 Å². The number of aryl methyl sites for hydroxylation is 2. The van der Waals surface area contributed by atoms with Crippen molar-refractivity contribution < 1.29 is 9.84 Å². The van der Waals surface area contributed by atoms with Crippen LogP contribution in [0.4, 0.5) is 0 Å². The second-order valence-electron chi connectivity index (χ2n) is 6.50. The van der Waals surface area contributed by atoms with Crippen molar-refractivity contribution >= 4 is 0 Å². The van der Waals surface area contributed by atoms with Gasteiger partial charge in [0, 0.05) is 25.8 Å². The van der Waals surface area contributed by atoms with E-state index in [1.807, 2.05) is 18.7 Å². The molecule has 4 heteroatoms. The van der Waals surface area contributed by atoms with E-state index in [2.05, 4.69) is 25.0 Å². The normalized spacial score (nSPS) is 27.8. The van der Waals surface area contributed by atoms with Crippen LogP contribution in [0.5, 0.6) is 0 Å². The summed E-state index contributed by atoms with van der Waals surface area (Å²) < 4.78 is 7.94. The molecule has 0 saturated heterocycles. The van der Waals surface area contributed by atoms with Crippen LogP contribution in [0.25, 0.3) is 0 Å². The van der Waals surface area contributed by atoms with E-state index in [4.69, 9.17) is 4.74 Å². The van der Waals surface area contributed by atoms with E-state index in [1.54, 1.807) is 0 Å². The lowest BCUT2D eigenvalue weighted by molar-refractivity contribution is -0.143. The number of hydrogen-bond donors (Lipinski definition) is 1. The van der Waals surface area contributed by atoms with Crippen LogP contribution in [0.1, 0.15) is 57.8 Å². The van der Waals surface area contributed by atoms with Crippen LogP contribution in [-0.2, 0) is 24.6 Å². The Hall–Kier alpha value is -0.870. The van der Waals surface area contributed by atoms with E-state index >= 15 is 0 Å². The van der Waals surface area contributed by atoms with Gasteiger partial charge in [0.15, 0.2) is 0 Å². The Morgan fingerprint density at radius 1 is 1.43 bits per heavy atom. The zero-order valence-electron chi connectivity index (χ0n) is 13.9. The Bertz CT molecular complexity index is 448. The van der Waals surface area contributed by atoms with Crippen molar-refractivity contribution in [1.82, 2.24) is 9.78 Å². The number of aromatic nitrogens is 2. The fourth-order valence-electron chi connectivity index (χ4n) is 3.43. The maximum absolute atomic E-state index is 10.8. The summed E-state index contributed by atoms with van der Waals surface area (Å²) in [6.45, 7) is 7.08. The lowest BCUT2D eigenvalue weighted by atomic mass is 9.75. The molecule has 0 amide bonds. The Balaban J connectivity index is 2.11. The lowest BCUT2D eigenvalue weighted by Gasteiger charge is -2.42. The Kier molecular flexibility index (Phi) is 5.44. The quantitative estimate of drug-likeness (QED) is 0.877. The van der Waals surface area contributed by atoms with Gasteiger partial charge in [-0.1, -0.05) is 13.8 Å². The molecule has 0 radical (unpaired) electrons. The highest BCUT2D eigenvalue weighted by Gasteiger charge is 2.41. The van der Waals surface area contributed by atoms with Crippen molar-refractivity contribution in [3.63, 3.8) is 0 Å². The molecular weight excluding hydrogens is 264 g/mol. The van der Waals surface area contributed by atoms with Crippen LogP contribution >= 0.6 is 0 Å². The summed E-state index contributed by atoms with van der Waals surface area (Å²) in [5.41, 5.74) is 1.82. The summed E-state index contributed by atoms with van der Waals surface area (Å²) in [5.74, 6) is 0.745. The number of aliphatic hydroxyl groups excluding tert-OH is 1. The SMILES string of the molecule is CCOC1(C(O)Cc2cc(CC)nn2C)CCC(C)CC1. The average Bonchev–Trinajstić information content (AvgIpc) is 2.82. The van der Waals surface area contributed by atoms with Crippen LogP contribution in [-0.4, -0.2) is 33.2 Å². The highest BCUT2D eigenvalue weighted by molar-refractivity contribution is 5.12. The smallest absolute Gasteiger partial charge is 0.0944 e. The molecule has 1 aromatic rings. The van der Waals surface area contributed by atoms with E-state index in [1.165, 1.54) is 0 Å². The van der Waals surface area contributed by atoms with E-state index < -0.39 is 6.10 Å². The first-order chi connectivity index (χ1) is 10.0. The summed E-state index contributed by atoms with van der Waals surface area (Å²) in [7, 11) is 1.96. The predicted octanol–water partition coefficient (Wildman–Crippen LogP) is 2.87. The van der Waals surface area contributed by atoms with Gasteiger partial charge >= 0.3 is 0 Å². The van der Waals surface area contributed by atoms with Gasteiger partial charge in [0.1, 0.15) is 0 Å². The van der Waals surface area contributed by atoms with Crippen LogP contribution in [0.2, 0.25) is 0 Å². The van der Waals surface area contributed by atoms with Crippen molar-refractivity contribution in [3.8, 4) is 0 Å². The summed E-state index contributed by atoms with van der Waals surface area (Å²) in [4.78, 5) is 0. The largest absolute Gasteiger partial charge is 0.390 e. The molecule has 1 aliphatic rings. The highest BCUT2D eigenvalue weighted by atomic mass is 16.5. The number of aliphatic hydroxyl groups is 1. The summed E-state index contributed by atoms with van der Waals surface area (Å²) in [6.07, 6.45) is 5.30. The minimum atomic E-state index is -0.454. The number of ether oxygens (including phenoxy) is 1. The molecule has 1 N–H and O–H groups in total. The molecule has 1 aliphatic carbocycles. The van der Waals surface area contributed by atoms with Gasteiger partial charge in [-0.05, 0) is 51.0 Å². The van der Waals surface area contributed by atoms with Gasteiger partial charge in [-0.3, -0.25) is 4.68 Å². The van der Waals surface area contributed by atoms with Gasteiger partial charge in [-0.25, -0.2) is 0 Å². The topological polar surface area (TPSA) is 47.3 Å². The monoisotopic (exact) mass is 294 g/mol. The molecule has 120 valence electrons. The second-order valence-corrected chi connectivity index (χ2v) is 6.50. The summed E-state index contributed by atoms with van der Waals surface area (Å²) >= 11 is 0. The number of rotatable bonds is 6. The molecule has 0 spiro atoms. The summed E-state index contributed by atoms with van der Waals surface area (Å²) in [5, 5.41) is 15.3. The molecule has 0 aromatic carbocycles. The zero-order valence-corrected chi connectivity index (χ0v) is 13.9. The van der Waals surface area contributed by atoms with Crippen molar-refractivity contribution in [2.45, 2.75) is 71.0 Å². The second kappa shape index (κ2) is 6.93. The summed E-state index contributed by atoms with van der Waals surface area (Å²) in [6, 6.07) is 2.11. The van der Waals surface area contributed by atoms with Crippen LogP contribution in [0, 0.1) is 5.92 Å². The Morgan fingerprint density at radius 2 is 2.10 bits per heavy atom. The molecule has 1 aromatic heterocycles. The molecule has 1 heterocycles. The fourth-order valence-corrected chi connectivity index (χ4v) is 3.43. The molecule has 2 rings (SSSR count). The van der Waals surface area contributed by atoms with Gasteiger partial charge in [-0.2, -0.15) is 5.10 Å². The minimum absolute atomic E-state index is 0.363. The maximum Gasteiger partial charge on any atom is 0.0944 e. The standard InChI is InChI=1S/C17H30N2O2/c1-5-14-11-15(19(4)18-14)12-16(20)17(21-6-2)9-7-13(3)8-10-17/h11,13,16,20H,5-10,12H2,1-4H3. The molecular formula is C17H30N2O2. The molecule has 21 heavy (non-hydrogen) atoms. The predicted molar refractivity (Wildman–Crippen MR) is 84.3 cm³/mol. The van der Waals surface area contributed by atoms with Crippen LogP contribution in [0.15, 0.2) is 6.07 Å². The molecule has 1 unspecified atom stereocenters. The maximum atomic E-state index is 10.8. The molecule has 1 fully saturated rings. The first kappa shape index (κ1) is 16.5. The first-order valence-electron chi connectivity index (χ1n) is 8.34. The van der Waals surface area contributed by atoms with Crippen molar-refractivity contribution in [1.29, 1.82) is 0 Å². The van der Waals surface area contributed by atoms with Crippen molar-refractivity contribution in [2.75, 3.05) is 6.61 Å². The minimum Gasteiger partial charge on any atom is -0.390 e. The Morgan fingerprint density at radius 3 is 2.62 bits per heavy atom. The molecule has 1 saturated carbocycles. The Labute approximate surface area is 128 Å². The van der Waals surface area contributed by atoms with Crippen LogP contribution in [0.3, 0.4) is 0 Å². The van der Waals surface area contributed by atoms with E-state index in [0.717, 1.165) is 49.4 Å². The van der Waals surface area contributed by atoms with E-state index in [9.17, 15) is 5.11 Å². The molecule has 0 aliphatic heterocycles. The average molecular weight is 294 g/mol. The van der Waals surface area contributed by atoms with Gasteiger partial charge in [0.25, 0.3) is 0 Å². The van der Waals surface area contributed by atoms with Gasteiger partial charge in [-0.15, -0.1) is 0 Å². The van der Waals surface area contributed by atoms with E-state index in [-0.39, 0.29) is 5.60 Å². The van der Waals surface area contributed by atoms with Crippen LogP contribution < -0.4 is 0 Å². The zero-order chi connectivity index (χ0) is 15.5. The van der Waals surface area contributed by atoms with E-state index in [0.29, 0.717) is 13.0 Å². The van der Waals surface area contributed by atoms with Gasteiger partial charge in [0.05, 0.1) is 17.4 Å². The molecule has 4 nitrogen and oxygen atoms in total. The third-order valence-electron chi connectivity index (χ3n) is 4.95. The number of nitrogens with zero attached hydrogens (tertiary/aromatic N) is 2. The van der Waals surface area contributed by atoms with Gasteiger partial charge in [0.2, 0.25) is 0 Å². The number of hydrogen-bond acceptors (Lipinski definition) is 3. The van der Waals surface area contributed by atoms with Crippen molar-refractivity contribution in [2.24, 2.45) is 13.0 Å². The first-order valence-corrected chi connectivity index (χ1v) is 8.34. The van der Waals surface area contributed by atoms with Crippen molar-refractivity contribution in [3.05, 3.63) is 17.5 Å². The highest BCUT2D eigenvalue weighted by Crippen LogP contribution is 2.38.